The van der Waals surface area contributed by atoms with E-state index in [1.54, 1.807) is 6.20 Å². The summed E-state index contributed by atoms with van der Waals surface area (Å²) in [5.74, 6) is -0.208. The van der Waals surface area contributed by atoms with E-state index in [1.807, 2.05) is 43.3 Å². The molecule has 4 nitrogen and oxygen atoms in total. The zero-order valence-electron chi connectivity index (χ0n) is 9.59. The van der Waals surface area contributed by atoms with Crippen LogP contribution in [-0.2, 0) is 0 Å². The lowest BCUT2D eigenvalue weighted by atomic mass is 9.95. The molecular formula is C13H14N2O2. The van der Waals surface area contributed by atoms with Crippen LogP contribution in [0.15, 0.2) is 42.6 Å². The quantitative estimate of drug-likeness (QED) is 0.648. The van der Waals surface area contributed by atoms with Gasteiger partial charge in [-0.3, -0.25) is 10.1 Å². The van der Waals surface area contributed by atoms with E-state index in [9.17, 15) is 10.1 Å². The molecule has 1 N–H and O–H groups in total. The molecule has 0 fully saturated rings. The maximum absolute atomic E-state index is 10.7. The van der Waals surface area contributed by atoms with Gasteiger partial charge in [-0.2, -0.15) is 0 Å². The molecule has 1 aromatic carbocycles. The third-order valence-corrected chi connectivity index (χ3v) is 2.81. The molecule has 1 aromatic heterocycles. The van der Waals surface area contributed by atoms with E-state index in [4.69, 9.17) is 0 Å². The number of rotatable bonds is 4. The van der Waals surface area contributed by atoms with Crippen LogP contribution in [0, 0.1) is 17.0 Å². The average molecular weight is 230 g/mol. The fourth-order valence-corrected chi connectivity index (χ4v) is 1.89. The van der Waals surface area contributed by atoms with Crippen molar-refractivity contribution in [3.05, 3.63) is 69.5 Å². The van der Waals surface area contributed by atoms with Gasteiger partial charge in [0.2, 0.25) is 6.54 Å². The number of nitrogens with one attached hydrogen (secondary N) is 1. The Labute approximate surface area is 99.4 Å². The summed E-state index contributed by atoms with van der Waals surface area (Å²) >= 11 is 0. The summed E-state index contributed by atoms with van der Waals surface area (Å²) in [4.78, 5) is 13.5. The van der Waals surface area contributed by atoms with Crippen LogP contribution in [-0.4, -0.2) is 16.5 Å². The number of aryl methyl sites for hydroxylation is 1. The van der Waals surface area contributed by atoms with Gasteiger partial charge in [-0.05, 0) is 24.6 Å². The van der Waals surface area contributed by atoms with Crippen LogP contribution in [0.2, 0.25) is 0 Å². The standard InChI is InChI=1S/C13H14N2O2/c1-10-4-6-11(7-5-10)12(9-15(16)17)13-3-2-8-14-13/h2-8,12,14H,9H2,1H3/t12-/m0/s1. The Kier molecular flexibility index (Phi) is 3.23. The number of hydrogen-bond acceptors (Lipinski definition) is 2. The molecule has 1 heterocycles. The van der Waals surface area contributed by atoms with Crippen molar-refractivity contribution in [2.45, 2.75) is 12.8 Å². The number of nitrogens with zero attached hydrogens (tertiary/aromatic N) is 1. The Morgan fingerprint density at radius 3 is 2.53 bits per heavy atom. The first-order chi connectivity index (χ1) is 8.16. The van der Waals surface area contributed by atoms with Crippen molar-refractivity contribution >= 4 is 0 Å². The number of aromatic nitrogens is 1. The van der Waals surface area contributed by atoms with E-state index < -0.39 is 0 Å². The molecule has 0 amide bonds. The van der Waals surface area contributed by atoms with Crippen molar-refractivity contribution in [2.24, 2.45) is 0 Å². The Balaban J connectivity index is 2.33. The minimum absolute atomic E-state index is 0.0937. The molecule has 0 aliphatic rings. The number of hydrogen-bond donors (Lipinski definition) is 1. The summed E-state index contributed by atoms with van der Waals surface area (Å²) < 4.78 is 0. The van der Waals surface area contributed by atoms with E-state index in [2.05, 4.69) is 4.98 Å². The fraction of sp³-hybridized carbons (Fsp3) is 0.231. The monoisotopic (exact) mass is 230 g/mol. The number of aromatic amines is 1. The van der Waals surface area contributed by atoms with Crippen LogP contribution in [0.1, 0.15) is 22.7 Å². The van der Waals surface area contributed by atoms with Gasteiger partial charge in [0.05, 0.1) is 5.92 Å². The highest BCUT2D eigenvalue weighted by Gasteiger charge is 2.20. The largest absolute Gasteiger partial charge is 0.364 e. The molecule has 4 heteroatoms. The predicted octanol–water partition coefficient (Wildman–Crippen LogP) is 2.73. The molecule has 0 bridgehead atoms. The third kappa shape index (κ3) is 2.72. The molecule has 0 aliphatic heterocycles. The van der Waals surface area contributed by atoms with Gasteiger partial charge in [0.1, 0.15) is 0 Å². The van der Waals surface area contributed by atoms with Gasteiger partial charge < -0.3 is 4.98 Å². The second-order valence-electron chi connectivity index (χ2n) is 4.10. The van der Waals surface area contributed by atoms with Crippen LogP contribution in [0.5, 0.6) is 0 Å². The van der Waals surface area contributed by atoms with Crippen LogP contribution in [0.3, 0.4) is 0 Å². The second-order valence-corrected chi connectivity index (χ2v) is 4.10. The summed E-state index contributed by atoms with van der Waals surface area (Å²) in [5.41, 5.74) is 3.00. The second kappa shape index (κ2) is 4.82. The highest BCUT2D eigenvalue weighted by Crippen LogP contribution is 2.23. The van der Waals surface area contributed by atoms with Gasteiger partial charge in [-0.15, -0.1) is 0 Å². The van der Waals surface area contributed by atoms with Crippen molar-refractivity contribution < 1.29 is 4.92 Å². The lowest BCUT2D eigenvalue weighted by Crippen LogP contribution is -2.14. The third-order valence-electron chi connectivity index (χ3n) is 2.81. The van der Waals surface area contributed by atoms with Crippen molar-refractivity contribution in [3.8, 4) is 0 Å². The maximum Gasteiger partial charge on any atom is 0.216 e. The molecule has 0 saturated carbocycles. The zero-order chi connectivity index (χ0) is 12.3. The van der Waals surface area contributed by atoms with Gasteiger partial charge in [-0.1, -0.05) is 29.8 Å². The zero-order valence-corrected chi connectivity index (χ0v) is 9.59. The van der Waals surface area contributed by atoms with E-state index in [-0.39, 0.29) is 17.4 Å². The summed E-state index contributed by atoms with van der Waals surface area (Å²) in [7, 11) is 0. The van der Waals surface area contributed by atoms with E-state index in [0.717, 1.165) is 16.8 Å². The lowest BCUT2D eigenvalue weighted by Gasteiger charge is -2.12. The SMILES string of the molecule is Cc1ccc([C@H](C[N+](=O)[O-])c2ccc[nH]2)cc1. The van der Waals surface area contributed by atoms with Gasteiger partial charge in [0.15, 0.2) is 0 Å². The molecule has 2 rings (SSSR count). The molecule has 1 atom stereocenters. The highest BCUT2D eigenvalue weighted by molar-refractivity contribution is 5.31. The van der Waals surface area contributed by atoms with Crippen molar-refractivity contribution in [1.82, 2.24) is 4.98 Å². The van der Waals surface area contributed by atoms with E-state index in [0.29, 0.717) is 0 Å². The number of H-pyrrole nitrogens is 1. The van der Waals surface area contributed by atoms with Crippen LogP contribution >= 0.6 is 0 Å². The van der Waals surface area contributed by atoms with E-state index in [1.165, 1.54) is 0 Å². The Morgan fingerprint density at radius 2 is 2.00 bits per heavy atom. The first-order valence-electron chi connectivity index (χ1n) is 5.48. The first kappa shape index (κ1) is 11.4. The van der Waals surface area contributed by atoms with Gasteiger partial charge in [-0.25, -0.2) is 0 Å². The minimum atomic E-state index is -0.272. The highest BCUT2D eigenvalue weighted by atomic mass is 16.6. The van der Waals surface area contributed by atoms with Crippen molar-refractivity contribution in [2.75, 3.05) is 6.54 Å². The van der Waals surface area contributed by atoms with Crippen LogP contribution < -0.4 is 0 Å². The van der Waals surface area contributed by atoms with Crippen LogP contribution in [0.4, 0.5) is 0 Å². The topological polar surface area (TPSA) is 58.9 Å². The molecule has 17 heavy (non-hydrogen) atoms. The van der Waals surface area contributed by atoms with Crippen LogP contribution in [0.25, 0.3) is 0 Å². The summed E-state index contributed by atoms with van der Waals surface area (Å²) in [6.45, 7) is 1.91. The smallest absolute Gasteiger partial charge is 0.216 e. The molecule has 0 spiro atoms. The molecule has 0 aliphatic carbocycles. The molecule has 0 radical (unpaired) electrons. The Bertz CT molecular complexity index is 489. The first-order valence-corrected chi connectivity index (χ1v) is 5.48. The molecule has 88 valence electrons. The van der Waals surface area contributed by atoms with Gasteiger partial charge >= 0.3 is 0 Å². The van der Waals surface area contributed by atoms with Gasteiger partial charge in [0, 0.05) is 16.8 Å². The molecule has 2 aromatic rings. The predicted molar refractivity (Wildman–Crippen MR) is 65.7 cm³/mol. The molecular weight excluding hydrogens is 216 g/mol. The average Bonchev–Trinajstić information content (AvgIpc) is 2.80. The summed E-state index contributed by atoms with van der Waals surface area (Å²) in [5, 5.41) is 10.7. The van der Waals surface area contributed by atoms with Crippen molar-refractivity contribution in [1.29, 1.82) is 0 Å². The Hall–Kier alpha value is -2.10. The number of benzene rings is 1. The number of nitro groups is 1. The Morgan fingerprint density at radius 1 is 1.29 bits per heavy atom. The molecule has 0 saturated heterocycles. The van der Waals surface area contributed by atoms with E-state index >= 15 is 0 Å². The lowest BCUT2D eigenvalue weighted by molar-refractivity contribution is -0.481. The van der Waals surface area contributed by atoms with Crippen molar-refractivity contribution in [3.63, 3.8) is 0 Å². The normalized spacial score (nSPS) is 12.3. The summed E-state index contributed by atoms with van der Waals surface area (Å²) in [6, 6.07) is 11.6. The fourth-order valence-electron chi connectivity index (χ4n) is 1.89. The summed E-state index contributed by atoms with van der Waals surface area (Å²) in [6.07, 6.45) is 1.79. The molecule has 0 unspecified atom stereocenters. The maximum atomic E-state index is 10.7. The minimum Gasteiger partial charge on any atom is -0.364 e. The van der Waals surface area contributed by atoms with Gasteiger partial charge in [0.25, 0.3) is 0 Å².